The SMILES string of the molecule is CC(C)(C)OC(=O)N[C@@H](CCCNC(N)=O)C(=O)N[C@@H](CCCCN)C(=O)N[C@@H](Cc1ccc(O)cc1)C(=O)O. The van der Waals surface area contributed by atoms with E-state index in [-0.39, 0.29) is 38.0 Å². The zero-order valence-corrected chi connectivity index (χ0v) is 23.2. The van der Waals surface area contributed by atoms with E-state index in [9.17, 15) is 34.2 Å². The Kier molecular flexibility index (Phi) is 14.3. The number of phenols is 1. The fourth-order valence-electron chi connectivity index (χ4n) is 3.61. The summed E-state index contributed by atoms with van der Waals surface area (Å²) in [5.41, 5.74) is 10.4. The largest absolute Gasteiger partial charge is 0.508 e. The van der Waals surface area contributed by atoms with Gasteiger partial charge in [0, 0.05) is 13.0 Å². The van der Waals surface area contributed by atoms with Crippen LogP contribution in [0.5, 0.6) is 5.75 Å². The Labute approximate surface area is 233 Å². The molecule has 1 aromatic carbocycles. The lowest BCUT2D eigenvalue weighted by atomic mass is 10.0. The number of ether oxygens (including phenoxy) is 1. The molecular weight excluding hydrogens is 524 g/mol. The number of carbonyl (C=O) groups excluding carboxylic acids is 4. The van der Waals surface area contributed by atoms with Crippen molar-refractivity contribution in [2.45, 2.75) is 83.0 Å². The lowest BCUT2D eigenvalue weighted by Crippen LogP contribution is -2.56. The molecule has 14 heteroatoms. The minimum atomic E-state index is -1.30. The molecule has 1 rings (SSSR count). The molecule has 10 N–H and O–H groups in total. The molecule has 0 aliphatic carbocycles. The van der Waals surface area contributed by atoms with Crippen LogP contribution in [0, 0.1) is 0 Å². The Morgan fingerprint density at radius 1 is 0.875 bits per heavy atom. The summed E-state index contributed by atoms with van der Waals surface area (Å²) in [6.45, 7) is 5.48. The van der Waals surface area contributed by atoms with Crippen molar-refractivity contribution in [2.24, 2.45) is 11.5 Å². The monoisotopic (exact) mass is 566 g/mol. The van der Waals surface area contributed by atoms with Crippen LogP contribution in [0.25, 0.3) is 0 Å². The summed E-state index contributed by atoms with van der Waals surface area (Å²) in [6, 6.07) is 1.61. The van der Waals surface area contributed by atoms with Crippen LogP contribution in [-0.2, 0) is 25.5 Å². The smallest absolute Gasteiger partial charge is 0.408 e. The van der Waals surface area contributed by atoms with Crippen molar-refractivity contribution in [2.75, 3.05) is 13.1 Å². The number of carbonyl (C=O) groups is 5. The van der Waals surface area contributed by atoms with Crippen LogP contribution in [0.2, 0.25) is 0 Å². The average Bonchev–Trinajstić information content (AvgIpc) is 2.84. The number of carboxylic acid groups (broad SMARTS) is 1. The van der Waals surface area contributed by atoms with Crippen molar-refractivity contribution in [3.63, 3.8) is 0 Å². The third-order valence-electron chi connectivity index (χ3n) is 5.55. The Hall–Kier alpha value is -4.07. The number of hydrogen-bond donors (Lipinski definition) is 8. The van der Waals surface area contributed by atoms with E-state index >= 15 is 0 Å². The van der Waals surface area contributed by atoms with Crippen LogP contribution < -0.4 is 32.7 Å². The number of aliphatic carboxylic acids is 1. The first-order valence-corrected chi connectivity index (χ1v) is 13.1. The molecule has 1 aromatic rings. The standard InChI is InChI=1S/C26H42N6O8/c1-26(2,3)40-25(39)32-19(8-6-14-29-24(28)38)22(35)30-18(7-4-5-13-27)21(34)31-20(23(36)37)15-16-9-11-17(33)12-10-16/h9-12,18-20,33H,4-8,13-15,27H2,1-3H3,(H,30,35)(H,31,34)(H,32,39)(H,36,37)(H3,28,29,38)/t18-,19-,20-/m0/s1. The molecule has 0 radical (unpaired) electrons. The summed E-state index contributed by atoms with van der Waals surface area (Å²) in [5, 5.41) is 29.1. The Bertz CT molecular complexity index is 996. The van der Waals surface area contributed by atoms with Crippen LogP contribution in [0.1, 0.15) is 58.4 Å². The average molecular weight is 567 g/mol. The number of aromatic hydroxyl groups is 1. The third kappa shape index (κ3) is 14.2. The molecule has 224 valence electrons. The van der Waals surface area contributed by atoms with E-state index in [0.29, 0.717) is 24.9 Å². The zero-order valence-electron chi connectivity index (χ0n) is 23.2. The molecule has 3 atom stereocenters. The second-order valence-electron chi connectivity index (χ2n) is 10.2. The number of hydrogen-bond acceptors (Lipinski definition) is 8. The van der Waals surface area contributed by atoms with Gasteiger partial charge in [0.1, 0.15) is 29.5 Å². The molecular formula is C26H42N6O8. The Morgan fingerprint density at radius 2 is 1.43 bits per heavy atom. The summed E-state index contributed by atoms with van der Waals surface area (Å²) < 4.78 is 5.24. The third-order valence-corrected chi connectivity index (χ3v) is 5.55. The number of alkyl carbamates (subject to hydrolysis) is 1. The summed E-state index contributed by atoms with van der Waals surface area (Å²) in [6.07, 6.45) is 0.656. The molecule has 0 spiro atoms. The number of unbranched alkanes of at least 4 members (excludes halogenated alkanes) is 1. The molecule has 0 aliphatic heterocycles. The maximum Gasteiger partial charge on any atom is 0.408 e. The van der Waals surface area contributed by atoms with Crippen LogP contribution >= 0.6 is 0 Å². The summed E-state index contributed by atoms with van der Waals surface area (Å²) in [4.78, 5) is 61.6. The van der Waals surface area contributed by atoms with E-state index in [2.05, 4.69) is 21.3 Å². The fourth-order valence-corrected chi connectivity index (χ4v) is 3.61. The number of phenolic OH excluding ortho intramolecular Hbond substituents is 1. The van der Waals surface area contributed by atoms with Crippen LogP contribution in [0.3, 0.4) is 0 Å². The number of carboxylic acids is 1. The molecule has 0 unspecified atom stereocenters. The maximum atomic E-state index is 13.2. The quantitative estimate of drug-likeness (QED) is 0.130. The Morgan fingerprint density at radius 3 is 1.95 bits per heavy atom. The van der Waals surface area contributed by atoms with Gasteiger partial charge in [0.15, 0.2) is 0 Å². The number of nitrogens with one attached hydrogen (secondary N) is 4. The second-order valence-corrected chi connectivity index (χ2v) is 10.2. The molecule has 0 fully saturated rings. The van der Waals surface area contributed by atoms with E-state index in [0.717, 1.165) is 0 Å². The zero-order chi connectivity index (χ0) is 30.3. The van der Waals surface area contributed by atoms with Gasteiger partial charge in [-0.3, -0.25) is 9.59 Å². The van der Waals surface area contributed by atoms with Crippen LogP contribution in [0.15, 0.2) is 24.3 Å². The van der Waals surface area contributed by atoms with E-state index in [1.54, 1.807) is 20.8 Å². The molecule has 0 bridgehead atoms. The van der Waals surface area contributed by atoms with E-state index in [1.165, 1.54) is 24.3 Å². The molecule has 0 heterocycles. The van der Waals surface area contributed by atoms with Crippen molar-refractivity contribution in [1.82, 2.24) is 21.3 Å². The predicted molar refractivity (Wildman–Crippen MR) is 146 cm³/mol. The predicted octanol–water partition coefficient (Wildman–Crippen LogP) is 0.460. The molecule has 0 aromatic heterocycles. The first-order chi connectivity index (χ1) is 18.7. The first kappa shape index (κ1) is 34.0. The summed E-state index contributed by atoms with van der Waals surface area (Å²) in [5.74, 6) is -2.67. The first-order valence-electron chi connectivity index (χ1n) is 13.1. The van der Waals surface area contributed by atoms with Crippen molar-refractivity contribution in [3.05, 3.63) is 29.8 Å². The Balaban J connectivity index is 3.03. The number of urea groups is 1. The minimum Gasteiger partial charge on any atom is -0.508 e. The number of amides is 5. The summed E-state index contributed by atoms with van der Waals surface area (Å²) in [7, 11) is 0. The summed E-state index contributed by atoms with van der Waals surface area (Å²) >= 11 is 0. The molecule has 40 heavy (non-hydrogen) atoms. The van der Waals surface area contributed by atoms with E-state index < -0.39 is 53.6 Å². The van der Waals surface area contributed by atoms with Gasteiger partial charge in [-0.1, -0.05) is 12.1 Å². The highest BCUT2D eigenvalue weighted by Gasteiger charge is 2.30. The van der Waals surface area contributed by atoms with Crippen LogP contribution in [0.4, 0.5) is 9.59 Å². The second kappa shape index (κ2) is 16.8. The van der Waals surface area contributed by atoms with Gasteiger partial charge < -0.3 is 47.7 Å². The van der Waals surface area contributed by atoms with E-state index in [1.807, 2.05) is 0 Å². The number of rotatable bonds is 16. The van der Waals surface area contributed by atoms with Gasteiger partial charge in [0.2, 0.25) is 11.8 Å². The van der Waals surface area contributed by atoms with Gasteiger partial charge in [-0.05, 0) is 77.1 Å². The van der Waals surface area contributed by atoms with Gasteiger partial charge in [-0.2, -0.15) is 0 Å². The molecule has 0 saturated heterocycles. The highest BCUT2D eigenvalue weighted by molar-refractivity contribution is 5.93. The molecule has 0 aliphatic rings. The van der Waals surface area contributed by atoms with Gasteiger partial charge in [0.25, 0.3) is 0 Å². The minimum absolute atomic E-state index is 0.0160. The van der Waals surface area contributed by atoms with Crippen molar-refractivity contribution in [1.29, 1.82) is 0 Å². The normalized spacial score (nSPS) is 13.3. The van der Waals surface area contributed by atoms with Crippen LogP contribution in [-0.4, -0.2) is 76.9 Å². The van der Waals surface area contributed by atoms with Crippen molar-refractivity contribution in [3.8, 4) is 5.75 Å². The maximum absolute atomic E-state index is 13.2. The lowest BCUT2D eigenvalue weighted by molar-refractivity contribution is -0.142. The molecule has 5 amide bonds. The fraction of sp³-hybridized carbons (Fsp3) is 0.577. The number of benzene rings is 1. The van der Waals surface area contributed by atoms with Gasteiger partial charge in [-0.15, -0.1) is 0 Å². The molecule has 0 saturated carbocycles. The molecule has 14 nitrogen and oxygen atoms in total. The van der Waals surface area contributed by atoms with Crippen molar-refractivity contribution >= 4 is 29.9 Å². The highest BCUT2D eigenvalue weighted by atomic mass is 16.6. The van der Waals surface area contributed by atoms with Gasteiger partial charge in [-0.25, -0.2) is 14.4 Å². The topological polar surface area (TPSA) is 235 Å². The number of nitrogens with two attached hydrogens (primary N) is 2. The lowest BCUT2D eigenvalue weighted by Gasteiger charge is -2.26. The van der Waals surface area contributed by atoms with Crippen molar-refractivity contribution < 1.29 is 38.9 Å². The number of primary amides is 1. The highest BCUT2D eigenvalue weighted by Crippen LogP contribution is 2.13. The van der Waals surface area contributed by atoms with Gasteiger partial charge >= 0.3 is 18.1 Å². The van der Waals surface area contributed by atoms with E-state index in [4.69, 9.17) is 16.2 Å². The van der Waals surface area contributed by atoms with Gasteiger partial charge in [0.05, 0.1) is 0 Å².